The third-order valence-electron chi connectivity index (χ3n) is 4.42. The van der Waals surface area contributed by atoms with E-state index in [1.165, 1.54) is 11.1 Å². The van der Waals surface area contributed by atoms with Crippen molar-refractivity contribution in [1.82, 2.24) is 10.3 Å². The molecule has 2 unspecified atom stereocenters. The molecular weight excluding hydrogens is 282 g/mol. The molecule has 3 rings (SSSR count). The van der Waals surface area contributed by atoms with Crippen molar-refractivity contribution in [3.63, 3.8) is 0 Å². The second kappa shape index (κ2) is 6.04. The lowest BCUT2D eigenvalue weighted by molar-refractivity contribution is 0.342. The lowest BCUT2D eigenvalue weighted by Gasteiger charge is -2.32. The summed E-state index contributed by atoms with van der Waals surface area (Å²) in [6.07, 6.45) is 4.93. The maximum Gasteiger partial charge on any atom is 0.128 e. The van der Waals surface area contributed by atoms with Gasteiger partial charge in [-0.15, -0.1) is 0 Å². The number of hydrogen-bond acceptors (Lipinski definition) is 3. The number of pyridine rings is 1. The van der Waals surface area contributed by atoms with Crippen LogP contribution in [0.15, 0.2) is 36.5 Å². The fraction of sp³-hybridized carbons (Fsp3) is 0.353. The quantitative estimate of drug-likeness (QED) is 0.914. The van der Waals surface area contributed by atoms with Crippen LogP contribution in [0.4, 0.5) is 5.82 Å². The van der Waals surface area contributed by atoms with Gasteiger partial charge in [0.2, 0.25) is 0 Å². The van der Waals surface area contributed by atoms with E-state index in [9.17, 15) is 0 Å². The maximum absolute atomic E-state index is 6.09. The Bertz CT molecular complexity index is 642. The summed E-state index contributed by atoms with van der Waals surface area (Å²) in [7, 11) is 1.98. The van der Waals surface area contributed by atoms with Gasteiger partial charge in [-0.3, -0.25) is 0 Å². The van der Waals surface area contributed by atoms with E-state index in [1.807, 2.05) is 13.1 Å². The Labute approximate surface area is 130 Å². The van der Waals surface area contributed by atoms with Crippen LogP contribution in [0.1, 0.15) is 29.2 Å². The number of fused-ring (bicyclic) bond motifs is 1. The number of nitrogens with two attached hydrogens (primary N) is 1. The first kappa shape index (κ1) is 14.4. The van der Waals surface area contributed by atoms with E-state index in [-0.39, 0.29) is 6.04 Å². The Balaban J connectivity index is 1.90. The summed E-state index contributed by atoms with van der Waals surface area (Å²) in [5, 5.41) is 4.04. The van der Waals surface area contributed by atoms with Gasteiger partial charge in [-0.2, -0.15) is 0 Å². The highest BCUT2D eigenvalue weighted by molar-refractivity contribution is 6.30. The molecule has 0 aliphatic heterocycles. The van der Waals surface area contributed by atoms with E-state index in [1.54, 1.807) is 6.20 Å². The molecule has 2 atom stereocenters. The van der Waals surface area contributed by atoms with Gasteiger partial charge >= 0.3 is 0 Å². The Kier molecular flexibility index (Phi) is 4.13. The van der Waals surface area contributed by atoms with Crippen molar-refractivity contribution in [2.75, 3.05) is 12.8 Å². The van der Waals surface area contributed by atoms with Gasteiger partial charge in [0, 0.05) is 17.8 Å². The first-order chi connectivity index (χ1) is 10.2. The smallest absolute Gasteiger partial charge is 0.128 e. The largest absolute Gasteiger partial charge is 0.383 e. The van der Waals surface area contributed by atoms with Crippen LogP contribution in [0.2, 0.25) is 5.02 Å². The number of nitrogen functional groups attached to an aromatic ring is 1. The zero-order chi connectivity index (χ0) is 14.8. The minimum absolute atomic E-state index is 0.185. The summed E-state index contributed by atoms with van der Waals surface area (Å²) < 4.78 is 0. The average molecular weight is 302 g/mol. The van der Waals surface area contributed by atoms with Crippen molar-refractivity contribution in [3.8, 4) is 0 Å². The van der Waals surface area contributed by atoms with Crippen molar-refractivity contribution in [3.05, 3.63) is 58.2 Å². The van der Waals surface area contributed by atoms with Gasteiger partial charge in [-0.05, 0) is 49.4 Å². The lowest BCUT2D eigenvalue weighted by atomic mass is 9.78. The van der Waals surface area contributed by atoms with Crippen molar-refractivity contribution >= 4 is 17.4 Å². The van der Waals surface area contributed by atoms with E-state index >= 15 is 0 Å². The highest BCUT2D eigenvalue weighted by Crippen LogP contribution is 2.36. The zero-order valence-electron chi connectivity index (χ0n) is 12.1. The first-order valence-corrected chi connectivity index (χ1v) is 7.72. The topological polar surface area (TPSA) is 50.9 Å². The Morgan fingerprint density at radius 2 is 2.10 bits per heavy atom. The molecule has 4 heteroatoms. The van der Waals surface area contributed by atoms with Gasteiger partial charge in [0.15, 0.2) is 0 Å². The summed E-state index contributed by atoms with van der Waals surface area (Å²) in [6.45, 7) is 0. The molecule has 3 N–H and O–H groups in total. The first-order valence-electron chi connectivity index (χ1n) is 7.34. The molecular formula is C17H20ClN3. The van der Waals surface area contributed by atoms with Gasteiger partial charge in [-0.25, -0.2) is 4.98 Å². The fourth-order valence-electron chi connectivity index (χ4n) is 3.37. The summed E-state index contributed by atoms with van der Waals surface area (Å²) in [4.78, 5) is 4.19. The second-order valence-electron chi connectivity index (χ2n) is 5.67. The number of nitrogens with one attached hydrogen (secondary N) is 1. The van der Waals surface area contributed by atoms with Gasteiger partial charge in [0.25, 0.3) is 0 Å². The number of halogens is 1. The van der Waals surface area contributed by atoms with Crippen LogP contribution in [-0.2, 0) is 12.8 Å². The Morgan fingerprint density at radius 3 is 2.86 bits per heavy atom. The van der Waals surface area contributed by atoms with E-state index in [0.29, 0.717) is 16.8 Å². The molecule has 1 heterocycles. The molecule has 0 saturated carbocycles. The zero-order valence-corrected chi connectivity index (χ0v) is 12.9. The van der Waals surface area contributed by atoms with Crippen LogP contribution in [0.25, 0.3) is 0 Å². The molecule has 0 bridgehead atoms. The standard InChI is InChI=1S/C17H20ClN3/c1-20-16(15-9-14(18)10-21-17(15)19)13-7-6-11-4-2-3-5-12(11)8-13/h2-5,9-10,13,16,20H,6-8H2,1H3,(H2,19,21). The number of aromatic nitrogens is 1. The monoisotopic (exact) mass is 301 g/mol. The van der Waals surface area contributed by atoms with E-state index in [2.05, 4.69) is 34.6 Å². The Morgan fingerprint density at radius 1 is 1.33 bits per heavy atom. The molecule has 0 spiro atoms. The van der Waals surface area contributed by atoms with Gasteiger partial charge in [0.05, 0.1) is 5.02 Å². The van der Waals surface area contributed by atoms with Gasteiger partial charge in [0.1, 0.15) is 5.82 Å². The molecule has 21 heavy (non-hydrogen) atoms. The molecule has 0 fully saturated rings. The Hall–Kier alpha value is -1.58. The van der Waals surface area contributed by atoms with Crippen molar-refractivity contribution in [2.45, 2.75) is 25.3 Å². The minimum Gasteiger partial charge on any atom is -0.383 e. The van der Waals surface area contributed by atoms with Crippen LogP contribution < -0.4 is 11.1 Å². The van der Waals surface area contributed by atoms with Crippen LogP contribution in [0.5, 0.6) is 0 Å². The normalized spacial score (nSPS) is 19.0. The lowest BCUT2D eigenvalue weighted by Crippen LogP contribution is -2.30. The number of benzene rings is 1. The third kappa shape index (κ3) is 2.89. The highest BCUT2D eigenvalue weighted by atomic mass is 35.5. The van der Waals surface area contributed by atoms with Crippen LogP contribution in [0.3, 0.4) is 0 Å². The van der Waals surface area contributed by atoms with Gasteiger partial charge in [-0.1, -0.05) is 35.9 Å². The summed E-state index contributed by atoms with van der Waals surface area (Å²) >= 11 is 6.09. The van der Waals surface area contributed by atoms with Gasteiger partial charge < -0.3 is 11.1 Å². The molecule has 0 saturated heterocycles. The number of rotatable bonds is 3. The fourth-order valence-corrected chi connectivity index (χ4v) is 3.54. The predicted octanol–water partition coefficient (Wildman–Crippen LogP) is 3.38. The second-order valence-corrected chi connectivity index (χ2v) is 6.10. The number of nitrogens with zero attached hydrogens (tertiary/aromatic N) is 1. The number of aryl methyl sites for hydroxylation is 1. The molecule has 110 valence electrons. The summed E-state index contributed by atoms with van der Waals surface area (Å²) in [5.74, 6) is 1.07. The van der Waals surface area contributed by atoms with E-state index < -0.39 is 0 Å². The number of hydrogen-bond donors (Lipinski definition) is 2. The van der Waals surface area contributed by atoms with E-state index in [4.69, 9.17) is 17.3 Å². The molecule has 0 amide bonds. The number of anilines is 1. The third-order valence-corrected chi connectivity index (χ3v) is 4.63. The molecule has 1 aromatic carbocycles. The minimum atomic E-state index is 0.185. The molecule has 0 radical (unpaired) electrons. The molecule has 2 aromatic rings. The maximum atomic E-state index is 6.09. The van der Waals surface area contributed by atoms with Crippen molar-refractivity contribution < 1.29 is 0 Å². The van der Waals surface area contributed by atoms with Crippen LogP contribution in [-0.4, -0.2) is 12.0 Å². The van der Waals surface area contributed by atoms with E-state index in [0.717, 1.165) is 24.8 Å². The average Bonchev–Trinajstić information content (AvgIpc) is 2.51. The molecule has 1 aliphatic carbocycles. The van der Waals surface area contributed by atoms with Crippen LogP contribution in [0, 0.1) is 5.92 Å². The highest BCUT2D eigenvalue weighted by Gasteiger charge is 2.28. The van der Waals surface area contributed by atoms with Crippen molar-refractivity contribution in [1.29, 1.82) is 0 Å². The molecule has 1 aliphatic rings. The summed E-state index contributed by atoms with van der Waals surface area (Å²) in [5.41, 5.74) is 9.99. The summed E-state index contributed by atoms with van der Waals surface area (Å²) in [6, 6.07) is 10.8. The SMILES string of the molecule is CNC(c1cc(Cl)cnc1N)C1CCc2ccccc2C1. The van der Waals surface area contributed by atoms with Crippen molar-refractivity contribution in [2.24, 2.45) is 5.92 Å². The van der Waals surface area contributed by atoms with Crippen LogP contribution >= 0.6 is 11.6 Å². The predicted molar refractivity (Wildman–Crippen MR) is 87.4 cm³/mol. The molecule has 1 aromatic heterocycles. The molecule has 3 nitrogen and oxygen atoms in total.